The lowest BCUT2D eigenvalue weighted by atomic mass is 9.96. The quantitative estimate of drug-likeness (QED) is 0.634. The van der Waals surface area contributed by atoms with E-state index >= 15 is 0 Å². The molecule has 0 atom stereocenters. The van der Waals surface area contributed by atoms with E-state index in [4.69, 9.17) is 11.6 Å². The fourth-order valence-electron chi connectivity index (χ4n) is 3.09. The summed E-state index contributed by atoms with van der Waals surface area (Å²) >= 11 is 9.29. The summed E-state index contributed by atoms with van der Waals surface area (Å²) in [5, 5.41) is 14.4. The number of thiophene rings is 2. The molecule has 120 valence electrons. The summed E-state index contributed by atoms with van der Waals surface area (Å²) in [4.78, 5) is 14.4. The van der Waals surface area contributed by atoms with Gasteiger partial charge in [0.15, 0.2) is 0 Å². The maximum absolute atomic E-state index is 12.7. The lowest BCUT2D eigenvalue weighted by Crippen LogP contribution is -2.10. The van der Waals surface area contributed by atoms with Gasteiger partial charge in [-0.25, -0.2) is 0 Å². The van der Waals surface area contributed by atoms with Crippen molar-refractivity contribution < 1.29 is 4.79 Å². The summed E-state index contributed by atoms with van der Waals surface area (Å²) in [6.07, 6.45) is 4.17. The largest absolute Gasteiger partial charge is 0.312 e. The second kappa shape index (κ2) is 6.21. The lowest BCUT2D eigenvalue weighted by molar-refractivity contribution is 0.103. The maximum Gasteiger partial charge on any atom is 0.267 e. The molecule has 1 aromatic carbocycles. The second-order valence-corrected chi connectivity index (χ2v) is 8.26. The molecular weight excluding hydrogens is 360 g/mol. The smallest absolute Gasteiger partial charge is 0.267 e. The SMILES string of the molecule is N#Cc1c(NC(=O)c2sc3ccccc3c2Cl)sc2c1CCCC2. The number of hydrogen-bond donors (Lipinski definition) is 1. The van der Waals surface area contributed by atoms with Crippen molar-refractivity contribution in [2.24, 2.45) is 0 Å². The zero-order chi connectivity index (χ0) is 16.7. The van der Waals surface area contributed by atoms with Crippen LogP contribution in [0.1, 0.15) is 38.5 Å². The Morgan fingerprint density at radius 3 is 2.79 bits per heavy atom. The van der Waals surface area contributed by atoms with E-state index < -0.39 is 0 Å². The average molecular weight is 373 g/mol. The molecule has 1 aliphatic rings. The number of nitrogens with one attached hydrogen (secondary N) is 1. The number of rotatable bonds is 2. The van der Waals surface area contributed by atoms with Crippen LogP contribution in [0.2, 0.25) is 5.02 Å². The molecule has 6 heteroatoms. The zero-order valence-corrected chi connectivity index (χ0v) is 15.1. The third-order valence-electron chi connectivity index (χ3n) is 4.25. The molecule has 1 aliphatic carbocycles. The first-order valence-corrected chi connectivity index (χ1v) is 9.73. The first-order chi connectivity index (χ1) is 11.7. The van der Waals surface area contributed by atoms with E-state index in [1.807, 2.05) is 24.3 Å². The second-order valence-electron chi connectivity index (χ2n) is 5.72. The number of nitriles is 1. The van der Waals surface area contributed by atoms with Crippen molar-refractivity contribution in [1.82, 2.24) is 0 Å². The summed E-state index contributed by atoms with van der Waals surface area (Å²) in [6.45, 7) is 0. The number of fused-ring (bicyclic) bond motifs is 2. The maximum atomic E-state index is 12.7. The molecule has 0 radical (unpaired) electrons. The number of amides is 1. The number of halogens is 1. The monoisotopic (exact) mass is 372 g/mol. The highest BCUT2D eigenvalue weighted by Crippen LogP contribution is 2.39. The summed E-state index contributed by atoms with van der Waals surface area (Å²) in [5.41, 5.74) is 1.74. The van der Waals surface area contributed by atoms with Crippen LogP contribution in [-0.4, -0.2) is 5.91 Å². The van der Waals surface area contributed by atoms with E-state index in [0.717, 1.165) is 41.3 Å². The molecule has 0 unspecified atom stereocenters. The summed E-state index contributed by atoms with van der Waals surface area (Å²) < 4.78 is 0.985. The van der Waals surface area contributed by atoms with E-state index in [1.54, 1.807) is 0 Å². The molecule has 2 heterocycles. The number of benzene rings is 1. The Bertz CT molecular complexity index is 997. The van der Waals surface area contributed by atoms with E-state index in [-0.39, 0.29) is 5.91 Å². The highest BCUT2D eigenvalue weighted by molar-refractivity contribution is 7.22. The average Bonchev–Trinajstić information content (AvgIpc) is 3.12. The Hall–Kier alpha value is -1.87. The first-order valence-electron chi connectivity index (χ1n) is 7.72. The molecule has 0 bridgehead atoms. The molecule has 3 nitrogen and oxygen atoms in total. The van der Waals surface area contributed by atoms with Crippen LogP contribution in [0.3, 0.4) is 0 Å². The molecule has 2 aromatic heterocycles. The van der Waals surface area contributed by atoms with Gasteiger partial charge in [0.05, 0.1) is 10.6 Å². The zero-order valence-electron chi connectivity index (χ0n) is 12.7. The van der Waals surface area contributed by atoms with Gasteiger partial charge in [-0.2, -0.15) is 5.26 Å². The normalized spacial score (nSPS) is 13.5. The summed E-state index contributed by atoms with van der Waals surface area (Å²) in [7, 11) is 0. The Labute approximate surface area is 152 Å². The fourth-order valence-corrected chi connectivity index (χ4v) is 5.74. The standard InChI is InChI=1S/C18H13ClN2OS2/c19-15-11-6-2-4-8-14(11)23-16(15)17(22)21-18-12(9-20)10-5-1-3-7-13(10)24-18/h2,4,6,8H,1,3,5,7H2,(H,21,22). The number of hydrogen-bond acceptors (Lipinski definition) is 4. The van der Waals surface area contributed by atoms with Crippen molar-refractivity contribution in [1.29, 1.82) is 5.26 Å². The molecule has 0 fully saturated rings. The van der Waals surface area contributed by atoms with E-state index in [2.05, 4.69) is 11.4 Å². The van der Waals surface area contributed by atoms with E-state index in [1.165, 1.54) is 27.6 Å². The van der Waals surface area contributed by atoms with Crippen molar-refractivity contribution in [3.8, 4) is 6.07 Å². The molecule has 24 heavy (non-hydrogen) atoms. The van der Waals surface area contributed by atoms with Gasteiger partial charge in [-0.1, -0.05) is 29.8 Å². The Balaban J connectivity index is 1.70. The molecule has 0 saturated carbocycles. The van der Waals surface area contributed by atoms with Crippen molar-refractivity contribution in [2.45, 2.75) is 25.7 Å². The van der Waals surface area contributed by atoms with Gasteiger partial charge in [0.1, 0.15) is 15.9 Å². The van der Waals surface area contributed by atoms with Crippen LogP contribution in [0.5, 0.6) is 0 Å². The van der Waals surface area contributed by atoms with Crippen LogP contribution in [0.4, 0.5) is 5.00 Å². The predicted octanol–water partition coefficient (Wildman–Crippen LogP) is 5.62. The molecular formula is C18H13ClN2OS2. The summed E-state index contributed by atoms with van der Waals surface area (Å²) in [6, 6.07) is 9.97. The molecule has 4 rings (SSSR count). The van der Waals surface area contributed by atoms with Crippen LogP contribution in [0, 0.1) is 11.3 Å². The Morgan fingerprint density at radius 2 is 2.00 bits per heavy atom. The van der Waals surface area contributed by atoms with Crippen molar-refractivity contribution in [3.05, 3.63) is 50.2 Å². The van der Waals surface area contributed by atoms with Gasteiger partial charge < -0.3 is 5.32 Å². The van der Waals surface area contributed by atoms with Crippen LogP contribution < -0.4 is 5.32 Å². The first kappa shape index (κ1) is 15.6. The van der Waals surface area contributed by atoms with Gasteiger partial charge in [0.25, 0.3) is 5.91 Å². The number of aryl methyl sites for hydroxylation is 1. The van der Waals surface area contributed by atoms with Gasteiger partial charge in [0, 0.05) is 15.0 Å². The summed E-state index contributed by atoms with van der Waals surface area (Å²) in [5.74, 6) is -0.240. The van der Waals surface area contributed by atoms with Gasteiger partial charge in [-0.15, -0.1) is 22.7 Å². The van der Waals surface area contributed by atoms with E-state index in [0.29, 0.717) is 20.5 Å². The predicted molar refractivity (Wildman–Crippen MR) is 100 cm³/mol. The van der Waals surface area contributed by atoms with Crippen LogP contribution in [0.15, 0.2) is 24.3 Å². The van der Waals surface area contributed by atoms with Crippen LogP contribution in [-0.2, 0) is 12.8 Å². The van der Waals surface area contributed by atoms with Gasteiger partial charge in [-0.05, 0) is 37.3 Å². The number of carbonyl (C=O) groups is 1. The molecule has 1 amide bonds. The Morgan fingerprint density at radius 1 is 1.21 bits per heavy atom. The van der Waals surface area contributed by atoms with Gasteiger partial charge >= 0.3 is 0 Å². The lowest BCUT2D eigenvalue weighted by Gasteiger charge is -2.09. The minimum absolute atomic E-state index is 0.240. The topological polar surface area (TPSA) is 52.9 Å². The molecule has 0 spiro atoms. The van der Waals surface area contributed by atoms with Crippen molar-refractivity contribution in [2.75, 3.05) is 5.32 Å². The molecule has 0 saturated heterocycles. The van der Waals surface area contributed by atoms with E-state index in [9.17, 15) is 10.1 Å². The molecule has 3 aromatic rings. The number of anilines is 1. The van der Waals surface area contributed by atoms with Crippen molar-refractivity contribution in [3.63, 3.8) is 0 Å². The minimum Gasteiger partial charge on any atom is -0.312 e. The van der Waals surface area contributed by atoms with Gasteiger partial charge in [-0.3, -0.25) is 4.79 Å². The number of nitrogens with zero attached hydrogens (tertiary/aromatic N) is 1. The highest BCUT2D eigenvalue weighted by Gasteiger charge is 2.24. The molecule has 1 N–H and O–H groups in total. The van der Waals surface area contributed by atoms with Crippen LogP contribution >= 0.6 is 34.3 Å². The third kappa shape index (κ3) is 2.51. The Kier molecular flexibility index (Phi) is 4.05. The molecule has 0 aliphatic heterocycles. The minimum atomic E-state index is -0.240. The fraction of sp³-hybridized carbons (Fsp3) is 0.222. The van der Waals surface area contributed by atoms with Crippen molar-refractivity contribution >= 4 is 55.3 Å². The van der Waals surface area contributed by atoms with Crippen LogP contribution in [0.25, 0.3) is 10.1 Å². The third-order valence-corrected chi connectivity index (χ3v) is 7.13. The number of carbonyl (C=O) groups excluding carboxylic acids is 1. The van der Waals surface area contributed by atoms with Gasteiger partial charge in [0.2, 0.25) is 0 Å². The highest BCUT2D eigenvalue weighted by atomic mass is 35.5.